The van der Waals surface area contributed by atoms with Crippen LogP contribution in [0.3, 0.4) is 0 Å². The first kappa shape index (κ1) is 13.9. The zero-order valence-corrected chi connectivity index (χ0v) is 11.7. The number of nitrogens with two attached hydrogens (primary N) is 1. The molecule has 0 aliphatic carbocycles. The Hall–Kier alpha value is -2.57. The van der Waals surface area contributed by atoms with Gasteiger partial charge in [0.05, 0.1) is 27.0 Å². The third kappa shape index (κ3) is 2.71. The van der Waals surface area contributed by atoms with Crippen molar-refractivity contribution in [1.82, 2.24) is 0 Å². The van der Waals surface area contributed by atoms with Gasteiger partial charge in [-0.2, -0.15) is 10.5 Å². The van der Waals surface area contributed by atoms with E-state index >= 15 is 0 Å². The van der Waals surface area contributed by atoms with E-state index in [0.29, 0.717) is 17.1 Å². The van der Waals surface area contributed by atoms with Crippen LogP contribution in [0.1, 0.15) is 11.1 Å². The number of nitrogens with one attached hydrogen (secondary N) is 1. The van der Waals surface area contributed by atoms with Crippen LogP contribution >= 0.6 is 15.9 Å². The number of hydrogen-bond acceptors (Lipinski definition) is 4. The second-order valence-corrected chi connectivity index (χ2v) is 4.82. The summed E-state index contributed by atoms with van der Waals surface area (Å²) in [4.78, 5) is 0. The summed E-state index contributed by atoms with van der Waals surface area (Å²) in [6.07, 6.45) is 0. The van der Waals surface area contributed by atoms with E-state index in [1.165, 1.54) is 24.3 Å². The van der Waals surface area contributed by atoms with Crippen molar-refractivity contribution in [1.29, 1.82) is 10.5 Å². The van der Waals surface area contributed by atoms with Gasteiger partial charge in [-0.1, -0.05) is 0 Å². The number of nitrogen functional groups attached to an aromatic ring is 1. The zero-order valence-electron chi connectivity index (χ0n) is 10.1. The Kier molecular flexibility index (Phi) is 3.88. The molecule has 0 bridgehead atoms. The number of hydrogen-bond donors (Lipinski definition) is 2. The van der Waals surface area contributed by atoms with Gasteiger partial charge in [-0.05, 0) is 40.2 Å². The quantitative estimate of drug-likeness (QED) is 0.823. The predicted molar refractivity (Wildman–Crippen MR) is 77.7 cm³/mol. The van der Waals surface area contributed by atoms with Gasteiger partial charge in [0.25, 0.3) is 0 Å². The maximum atomic E-state index is 13.5. The largest absolute Gasteiger partial charge is 0.397 e. The highest BCUT2D eigenvalue weighted by atomic mass is 79.9. The molecule has 0 radical (unpaired) electrons. The molecule has 0 saturated heterocycles. The van der Waals surface area contributed by atoms with E-state index in [4.69, 9.17) is 16.3 Å². The molecule has 0 amide bonds. The van der Waals surface area contributed by atoms with Gasteiger partial charge in [0.2, 0.25) is 0 Å². The molecule has 0 aromatic heterocycles. The van der Waals surface area contributed by atoms with Gasteiger partial charge in [0.1, 0.15) is 18.0 Å². The van der Waals surface area contributed by atoms with Gasteiger partial charge in [-0.15, -0.1) is 0 Å². The molecule has 0 aliphatic heterocycles. The van der Waals surface area contributed by atoms with Crippen molar-refractivity contribution in [2.75, 3.05) is 11.1 Å². The highest BCUT2D eigenvalue weighted by molar-refractivity contribution is 9.10. The average Bonchev–Trinajstić information content (AvgIpc) is 2.44. The molecule has 20 heavy (non-hydrogen) atoms. The Morgan fingerprint density at radius 1 is 1.10 bits per heavy atom. The fraction of sp³-hybridized carbons (Fsp3) is 0. The summed E-state index contributed by atoms with van der Waals surface area (Å²) < 4.78 is 13.8. The van der Waals surface area contributed by atoms with Crippen molar-refractivity contribution in [3.63, 3.8) is 0 Å². The smallest absolute Gasteiger partial charge is 0.139 e. The van der Waals surface area contributed by atoms with Gasteiger partial charge in [0, 0.05) is 11.8 Å². The molecule has 0 saturated carbocycles. The Bertz CT molecular complexity index is 759. The minimum absolute atomic E-state index is 0.244. The maximum absolute atomic E-state index is 13.5. The first-order valence-electron chi connectivity index (χ1n) is 5.51. The Labute approximate surface area is 123 Å². The van der Waals surface area contributed by atoms with Crippen molar-refractivity contribution in [3.05, 3.63) is 51.7 Å². The number of rotatable bonds is 2. The Morgan fingerprint density at radius 2 is 1.80 bits per heavy atom. The van der Waals surface area contributed by atoms with E-state index < -0.39 is 5.82 Å². The third-order valence-corrected chi connectivity index (χ3v) is 3.24. The molecule has 0 aliphatic rings. The maximum Gasteiger partial charge on any atom is 0.139 e. The molecule has 0 fully saturated rings. The van der Waals surface area contributed by atoms with Gasteiger partial charge in [0.15, 0.2) is 0 Å². The third-order valence-electron chi connectivity index (χ3n) is 2.63. The molecule has 4 nitrogen and oxygen atoms in total. The molecular weight excluding hydrogens is 323 g/mol. The van der Waals surface area contributed by atoms with Crippen LogP contribution in [0.4, 0.5) is 21.5 Å². The number of nitrogens with zero attached hydrogens (tertiary/aromatic N) is 2. The number of anilines is 3. The summed E-state index contributed by atoms with van der Waals surface area (Å²) >= 11 is 3.05. The Morgan fingerprint density at radius 3 is 2.45 bits per heavy atom. The lowest BCUT2D eigenvalue weighted by atomic mass is 10.1. The highest BCUT2D eigenvalue weighted by Gasteiger charge is 2.08. The molecule has 2 aromatic rings. The van der Waals surface area contributed by atoms with Crippen LogP contribution < -0.4 is 11.1 Å². The van der Waals surface area contributed by atoms with Gasteiger partial charge >= 0.3 is 0 Å². The van der Waals surface area contributed by atoms with Crippen molar-refractivity contribution in [3.8, 4) is 12.1 Å². The van der Waals surface area contributed by atoms with E-state index in [1.54, 1.807) is 6.07 Å². The van der Waals surface area contributed by atoms with Crippen molar-refractivity contribution in [2.24, 2.45) is 0 Å². The average molecular weight is 331 g/mol. The van der Waals surface area contributed by atoms with Crippen molar-refractivity contribution < 1.29 is 4.39 Å². The Balaban J connectivity index is 2.39. The molecule has 0 unspecified atom stereocenters. The van der Waals surface area contributed by atoms with Crippen molar-refractivity contribution >= 4 is 33.0 Å². The second kappa shape index (κ2) is 5.60. The number of benzene rings is 2. The molecular formula is C14H8BrFN4. The molecule has 98 valence electrons. The van der Waals surface area contributed by atoms with Crippen LogP contribution in [0, 0.1) is 28.5 Å². The highest BCUT2D eigenvalue weighted by Crippen LogP contribution is 2.29. The van der Waals surface area contributed by atoms with E-state index in [0.717, 1.165) is 0 Å². The first-order valence-corrected chi connectivity index (χ1v) is 6.30. The lowest BCUT2D eigenvalue weighted by molar-refractivity contribution is 0.622. The van der Waals surface area contributed by atoms with Crippen LogP contribution in [0.25, 0.3) is 0 Å². The lowest BCUT2D eigenvalue weighted by Crippen LogP contribution is -1.98. The first-order chi connectivity index (χ1) is 9.55. The van der Waals surface area contributed by atoms with Crippen LogP contribution in [0.2, 0.25) is 0 Å². The topological polar surface area (TPSA) is 85.6 Å². The van der Waals surface area contributed by atoms with Crippen LogP contribution in [-0.2, 0) is 0 Å². The SMILES string of the molecule is N#Cc1ccc(Nc2cc(F)c(Br)cc2N)cc1C#N. The summed E-state index contributed by atoms with van der Waals surface area (Å²) in [5, 5.41) is 20.7. The van der Waals surface area contributed by atoms with Crippen molar-refractivity contribution in [2.45, 2.75) is 0 Å². The minimum Gasteiger partial charge on any atom is -0.397 e. The fourth-order valence-corrected chi connectivity index (χ4v) is 2.00. The monoisotopic (exact) mass is 330 g/mol. The standard InChI is InChI=1S/C14H8BrFN4/c15-11-4-13(19)14(5-12(11)16)20-10-2-1-8(6-17)9(3-10)7-18/h1-5,20H,19H2. The number of nitriles is 2. The van der Waals surface area contributed by atoms with E-state index in [-0.39, 0.29) is 15.6 Å². The minimum atomic E-state index is -0.448. The lowest BCUT2D eigenvalue weighted by Gasteiger charge is -2.11. The molecule has 2 rings (SSSR count). The van der Waals surface area contributed by atoms with Crippen LogP contribution in [-0.4, -0.2) is 0 Å². The van der Waals surface area contributed by atoms with E-state index in [9.17, 15) is 4.39 Å². The summed E-state index contributed by atoms with van der Waals surface area (Å²) in [7, 11) is 0. The summed E-state index contributed by atoms with van der Waals surface area (Å²) in [5.41, 5.74) is 7.62. The van der Waals surface area contributed by atoms with Gasteiger partial charge in [-0.25, -0.2) is 4.39 Å². The molecule has 3 N–H and O–H groups in total. The van der Waals surface area contributed by atoms with Gasteiger partial charge < -0.3 is 11.1 Å². The fourth-order valence-electron chi connectivity index (χ4n) is 1.64. The summed E-state index contributed by atoms with van der Waals surface area (Å²) in [6.45, 7) is 0. The van der Waals surface area contributed by atoms with Crippen LogP contribution in [0.5, 0.6) is 0 Å². The molecule has 2 aromatic carbocycles. The predicted octanol–water partition coefficient (Wildman–Crippen LogP) is 3.66. The summed E-state index contributed by atoms with van der Waals surface area (Å²) in [5.74, 6) is -0.448. The molecule has 0 atom stereocenters. The normalized spacial score (nSPS) is 9.60. The van der Waals surface area contributed by atoms with Gasteiger partial charge in [-0.3, -0.25) is 0 Å². The zero-order chi connectivity index (χ0) is 14.7. The molecule has 6 heteroatoms. The number of halogens is 2. The molecule has 0 heterocycles. The summed E-state index contributed by atoms with van der Waals surface area (Å²) in [6, 6.07) is 11.2. The van der Waals surface area contributed by atoms with E-state index in [1.807, 2.05) is 12.1 Å². The van der Waals surface area contributed by atoms with Crippen LogP contribution in [0.15, 0.2) is 34.8 Å². The molecule has 0 spiro atoms. The van der Waals surface area contributed by atoms with E-state index in [2.05, 4.69) is 21.2 Å². The second-order valence-electron chi connectivity index (χ2n) is 3.96.